The summed E-state index contributed by atoms with van der Waals surface area (Å²) in [6, 6.07) is 7.16. The average Bonchev–Trinajstić information content (AvgIpc) is 2.76. The van der Waals surface area contributed by atoms with Gasteiger partial charge in [0.1, 0.15) is 11.9 Å². The number of primary amides is 1. The normalized spacial score (nSPS) is 27.2. The summed E-state index contributed by atoms with van der Waals surface area (Å²) in [7, 11) is 0. The van der Waals surface area contributed by atoms with Gasteiger partial charge in [-0.15, -0.1) is 0 Å². The molecule has 2 heterocycles. The molecule has 0 bridgehead atoms. The Balaban J connectivity index is 1.48. The summed E-state index contributed by atoms with van der Waals surface area (Å²) in [5.41, 5.74) is 5.77. The van der Waals surface area contributed by atoms with Crippen molar-refractivity contribution >= 4 is 17.7 Å². The molecule has 4 rings (SSSR count). The van der Waals surface area contributed by atoms with Gasteiger partial charge in [-0.05, 0) is 68.5 Å². The molecule has 2 saturated heterocycles. The van der Waals surface area contributed by atoms with E-state index in [0.29, 0.717) is 30.2 Å². The van der Waals surface area contributed by atoms with Gasteiger partial charge in [-0.1, -0.05) is 13.8 Å². The molecule has 1 aliphatic carbocycles. The predicted molar refractivity (Wildman–Crippen MR) is 125 cm³/mol. The van der Waals surface area contributed by atoms with Crippen LogP contribution in [0.3, 0.4) is 0 Å². The number of benzene rings is 1. The maximum absolute atomic E-state index is 12.9. The molecule has 0 radical (unpaired) electrons. The topological polar surface area (TPSA) is 114 Å². The second-order valence-electron chi connectivity index (χ2n) is 9.99. The number of amides is 3. The fourth-order valence-corrected chi connectivity index (χ4v) is 5.76. The molecule has 0 aromatic heterocycles. The molecule has 2 aliphatic heterocycles. The monoisotopic (exact) mass is 456 g/mol. The van der Waals surface area contributed by atoms with Crippen molar-refractivity contribution < 1.29 is 19.1 Å². The van der Waals surface area contributed by atoms with Gasteiger partial charge in [0.15, 0.2) is 0 Å². The molecule has 4 N–H and O–H groups in total. The minimum Gasteiger partial charge on any atom is -0.490 e. The third-order valence-electron chi connectivity index (χ3n) is 7.40. The zero-order valence-electron chi connectivity index (χ0n) is 19.6. The molecular formula is C25H36N4O4. The summed E-state index contributed by atoms with van der Waals surface area (Å²) in [6.45, 7) is 6.51. The second-order valence-corrected chi connectivity index (χ2v) is 9.99. The maximum Gasteiger partial charge on any atom is 0.248 e. The highest BCUT2D eigenvalue weighted by molar-refractivity contribution is 6.00. The molecule has 8 heteroatoms. The van der Waals surface area contributed by atoms with Crippen LogP contribution < -0.4 is 21.1 Å². The fourth-order valence-electron chi connectivity index (χ4n) is 5.76. The maximum atomic E-state index is 12.9. The quantitative estimate of drug-likeness (QED) is 0.514. The van der Waals surface area contributed by atoms with E-state index in [4.69, 9.17) is 10.5 Å². The molecule has 1 saturated carbocycles. The Morgan fingerprint density at radius 3 is 2.33 bits per heavy atom. The summed E-state index contributed by atoms with van der Waals surface area (Å²) < 4.78 is 6.14. The first-order valence-electron chi connectivity index (χ1n) is 12.2. The molecule has 2 unspecified atom stereocenters. The number of hydrogen-bond acceptors (Lipinski definition) is 6. The largest absolute Gasteiger partial charge is 0.490 e. The van der Waals surface area contributed by atoms with E-state index in [0.717, 1.165) is 44.5 Å². The van der Waals surface area contributed by atoms with Crippen LogP contribution in [0.1, 0.15) is 62.7 Å². The van der Waals surface area contributed by atoms with Crippen LogP contribution in [0.15, 0.2) is 24.3 Å². The minimum atomic E-state index is -0.456. The van der Waals surface area contributed by atoms with E-state index >= 15 is 0 Å². The van der Waals surface area contributed by atoms with E-state index < -0.39 is 5.91 Å². The number of carbonyl (C=O) groups excluding carboxylic acids is 3. The van der Waals surface area contributed by atoms with E-state index in [9.17, 15) is 14.4 Å². The van der Waals surface area contributed by atoms with Crippen molar-refractivity contribution in [2.24, 2.45) is 17.6 Å². The molecule has 1 aromatic carbocycles. The van der Waals surface area contributed by atoms with Crippen molar-refractivity contribution in [3.8, 4) is 5.75 Å². The van der Waals surface area contributed by atoms with E-state index in [1.807, 2.05) is 0 Å². The zero-order valence-corrected chi connectivity index (χ0v) is 19.6. The van der Waals surface area contributed by atoms with Crippen molar-refractivity contribution in [1.29, 1.82) is 0 Å². The lowest BCUT2D eigenvalue weighted by Crippen LogP contribution is -2.65. The van der Waals surface area contributed by atoms with Crippen molar-refractivity contribution in [1.82, 2.24) is 15.5 Å². The van der Waals surface area contributed by atoms with Crippen LogP contribution in [0.5, 0.6) is 5.75 Å². The van der Waals surface area contributed by atoms with Crippen LogP contribution in [-0.2, 0) is 9.59 Å². The van der Waals surface area contributed by atoms with Crippen molar-refractivity contribution in [3.63, 3.8) is 0 Å². The summed E-state index contributed by atoms with van der Waals surface area (Å²) >= 11 is 0. The third kappa shape index (κ3) is 5.38. The number of imide groups is 1. The lowest BCUT2D eigenvalue weighted by atomic mass is 9.77. The van der Waals surface area contributed by atoms with Crippen LogP contribution in [0.4, 0.5) is 0 Å². The van der Waals surface area contributed by atoms with E-state index in [2.05, 4.69) is 29.4 Å². The number of piperidine rings is 2. The summed E-state index contributed by atoms with van der Waals surface area (Å²) in [6.07, 6.45) is 4.91. The SMILES string of the molecule is CC(C)C(C1CCNCC1)N(C1CC(Oc2ccc(C(N)=O)cc2)C1)C1CCC(=O)NC1=O. The van der Waals surface area contributed by atoms with Gasteiger partial charge < -0.3 is 15.8 Å². The molecule has 3 aliphatic rings. The predicted octanol–water partition coefficient (Wildman–Crippen LogP) is 1.83. The number of nitrogens with one attached hydrogen (secondary N) is 2. The van der Waals surface area contributed by atoms with Crippen LogP contribution in [0, 0.1) is 11.8 Å². The smallest absolute Gasteiger partial charge is 0.248 e. The highest BCUT2D eigenvalue weighted by atomic mass is 16.5. The van der Waals surface area contributed by atoms with Crippen molar-refractivity contribution in [2.75, 3.05) is 13.1 Å². The molecule has 3 amide bonds. The highest BCUT2D eigenvalue weighted by Gasteiger charge is 2.47. The molecular weight excluding hydrogens is 420 g/mol. The molecule has 180 valence electrons. The lowest BCUT2D eigenvalue weighted by Gasteiger charge is -2.53. The number of carbonyl (C=O) groups is 3. The molecule has 8 nitrogen and oxygen atoms in total. The number of nitrogens with two attached hydrogens (primary N) is 1. The molecule has 3 fully saturated rings. The fraction of sp³-hybridized carbons (Fsp3) is 0.640. The third-order valence-corrected chi connectivity index (χ3v) is 7.40. The Labute approximate surface area is 195 Å². The van der Waals surface area contributed by atoms with E-state index in [1.165, 1.54) is 0 Å². The highest BCUT2D eigenvalue weighted by Crippen LogP contribution is 2.39. The first-order chi connectivity index (χ1) is 15.8. The van der Waals surface area contributed by atoms with Gasteiger partial charge in [0.25, 0.3) is 0 Å². The van der Waals surface area contributed by atoms with Gasteiger partial charge in [-0.3, -0.25) is 24.6 Å². The Hall–Kier alpha value is -2.45. The van der Waals surface area contributed by atoms with Gasteiger partial charge in [0.05, 0.1) is 6.04 Å². The standard InChI is InChI=1S/C25H36N4O4/c1-15(2)23(16-9-11-27-12-10-16)29(21-7-8-22(30)28-25(21)32)18-13-20(14-18)33-19-5-3-17(4-6-19)24(26)31/h3-6,15-16,18,20-21,23,27H,7-14H2,1-2H3,(H2,26,31)(H,28,30,32). The number of hydrogen-bond donors (Lipinski definition) is 3. The minimum absolute atomic E-state index is 0.0612. The number of ether oxygens (including phenoxy) is 1. The second kappa shape index (κ2) is 10.2. The average molecular weight is 457 g/mol. The number of nitrogens with zero attached hydrogens (tertiary/aromatic N) is 1. The zero-order chi connectivity index (χ0) is 23.5. The first-order valence-corrected chi connectivity index (χ1v) is 12.2. The Morgan fingerprint density at radius 2 is 1.76 bits per heavy atom. The Bertz CT molecular complexity index is 860. The van der Waals surface area contributed by atoms with Crippen molar-refractivity contribution in [3.05, 3.63) is 29.8 Å². The Morgan fingerprint density at radius 1 is 1.09 bits per heavy atom. The summed E-state index contributed by atoms with van der Waals surface area (Å²) in [5.74, 6) is 0.862. The van der Waals surface area contributed by atoms with Gasteiger partial charge in [-0.2, -0.15) is 0 Å². The van der Waals surface area contributed by atoms with Crippen LogP contribution in [0.2, 0.25) is 0 Å². The van der Waals surface area contributed by atoms with Gasteiger partial charge in [0.2, 0.25) is 17.7 Å². The van der Waals surface area contributed by atoms with Gasteiger partial charge in [0, 0.05) is 36.9 Å². The first kappa shape index (κ1) is 23.7. The molecule has 1 aromatic rings. The van der Waals surface area contributed by atoms with E-state index in [1.54, 1.807) is 24.3 Å². The van der Waals surface area contributed by atoms with Crippen LogP contribution in [-0.4, -0.2) is 59.9 Å². The van der Waals surface area contributed by atoms with E-state index in [-0.39, 0.29) is 36.0 Å². The summed E-state index contributed by atoms with van der Waals surface area (Å²) in [5, 5.41) is 6.03. The number of rotatable bonds is 8. The summed E-state index contributed by atoms with van der Waals surface area (Å²) in [4.78, 5) is 38.4. The lowest BCUT2D eigenvalue weighted by molar-refractivity contribution is -0.144. The van der Waals surface area contributed by atoms with Gasteiger partial charge >= 0.3 is 0 Å². The molecule has 33 heavy (non-hydrogen) atoms. The van der Waals surface area contributed by atoms with Crippen LogP contribution >= 0.6 is 0 Å². The Kier molecular flexibility index (Phi) is 7.34. The molecule has 2 atom stereocenters. The molecule has 0 spiro atoms. The van der Waals surface area contributed by atoms with Gasteiger partial charge in [-0.25, -0.2) is 0 Å². The van der Waals surface area contributed by atoms with Crippen LogP contribution in [0.25, 0.3) is 0 Å². The van der Waals surface area contributed by atoms with Crippen molar-refractivity contribution in [2.45, 2.75) is 76.6 Å².